The summed E-state index contributed by atoms with van der Waals surface area (Å²) in [6.07, 6.45) is 11.5. The average Bonchev–Trinajstić information content (AvgIpc) is 3.12. The fourth-order valence-electron chi connectivity index (χ4n) is 11.6. The van der Waals surface area contributed by atoms with Crippen molar-refractivity contribution in [1.29, 1.82) is 0 Å². The van der Waals surface area contributed by atoms with Crippen molar-refractivity contribution < 1.29 is 14.6 Å². The van der Waals surface area contributed by atoms with Gasteiger partial charge in [-0.15, -0.1) is 0 Å². The molecule has 0 aromatic rings. The molecular weight excluding hydrogens is 432 g/mol. The van der Waals surface area contributed by atoms with Crippen molar-refractivity contribution in [3.05, 3.63) is 11.6 Å². The van der Waals surface area contributed by atoms with Crippen molar-refractivity contribution >= 4 is 5.97 Å². The maximum absolute atomic E-state index is 12.6. The van der Waals surface area contributed by atoms with E-state index in [1.807, 2.05) is 0 Å². The van der Waals surface area contributed by atoms with E-state index in [4.69, 9.17) is 4.74 Å². The third-order valence-corrected chi connectivity index (χ3v) is 13.6. The largest absolute Gasteiger partial charge is 0.458 e. The summed E-state index contributed by atoms with van der Waals surface area (Å²) in [5, 5.41) is 10.9. The molecule has 0 radical (unpaired) electrons. The molecule has 3 heteroatoms. The summed E-state index contributed by atoms with van der Waals surface area (Å²) in [4.78, 5) is 12.6. The van der Waals surface area contributed by atoms with Crippen LogP contribution in [0, 0.1) is 56.7 Å². The number of ether oxygens (including phenoxy) is 1. The SMILES string of the molecule is CC(=O)O[C@H]1C=C2[C@@H](CC[C@@H]3C(C)(C)[C@H](O)CC[C@]23C)[C@@]2(C)CC[C@]3(C)[C@@H](C(C)C)CC[C@H]3[C@]12C. The molecule has 3 nitrogen and oxygen atoms in total. The Morgan fingerprint density at radius 2 is 1.60 bits per heavy atom. The first kappa shape index (κ1) is 25.8. The fraction of sp³-hybridized carbons (Fsp3) is 0.906. The van der Waals surface area contributed by atoms with Gasteiger partial charge in [-0.2, -0.15) is 0 Å². The maximum atomic E-state index is 12.6. The molecule has 5 aliphatic rings. The van der Waals surface area contributed by atoms with Crippen molar-refractivity contribution in [2.75, 3.05) is 0 Å². The highest BCUT2D eigenvalue weighted by Gasteiger charge is 2.71. The molecule has 5 rings (SSSR count). The van der Waals surface area contributed by atoms with Crippen LogP contribution in [0.2, 0.25) is 0 Å². The van der Waals surface area contributed by atoms with Crippen LogP contribution < -0.4 is 0 Å². The molecule has 5 aliphatic carbocycles. The number of esters is 1. The topological polar surface area (TPSA) is 46.5 Å². The third-order valence-electron chi connectivity index (χ3n) is 13.6. The second-order valence-corrected chi connectivity index (χ2v) is 15.3. The Morgan fingerprint density at radius 1 is 0.943 bits per heavy atom. The molecule has 1 N–H and O–H groups in total. The molecule has 198 valence electrons. The standard InChI is InChI=1S/C32H52O3/c1-19(2)21-10-13-25-30(21,7)16-17-31(8)22-11-12-24-28(4,5)26(34)14-15-29(24,6)23(22)18-27(32(25,31)9)35-20(3)33/h18-19,21-22,24-27,34H,10-17H2,1-9H3/t21-,22-,24-,25-,26-,27+,29-,30-,31-,32-/m1/s1. The van der Waals surface area contributed by atoms with E-state index in [-0.39, 0.29) is 39.8 Å². The van der Waals surface area contributed by atoms with E-state index in [9.17, 15) is 9.90 Å². The molecule has 0 aromatic carbocycles. The molecular formula is C32H52O3. The minimum atomic E-state index is -0.228. The zero-order valence-corrected chi connectivity index (χ0v) is 24.0. The average molecular weight is 485 g/mol. The molecule has 0 saturated heterocycles. The first-order valence-corrected chi connectivity index (χ1v) is 14.7. The summed E-state index contributed by atoms with van der Waals surface area (Å²) in [5.74, 6) is 2.91. The molecule has 35 heavy (non-hydrogen) atoms. The molecule has 0 heterocycles. The van der Waals surface area contributed by atoms with Crippen LogP contribution in [0.25, 0.3) is 0 Å². The van der Waals surface area contributed by atoms with Crippen molar-refractivity contribution in [1.82, 2.24) is 0 Å². The molecule has 0 amide bonds. The maximum Gasteiger partial charge on any atom is 0.303 e. The highest BCUT2D eigenvalue weighted by molar-refractivity contribution is 5.66. The van der Waals surface area contributed by atoms with Crippen molar-refractivity contribution in [3.8, 4) is 0 Å². The number of carbonyl (C=O) groups excluding carboxylic acids is 1. The van der Waals surface area contributed by atoms with Crippen LogP contribution in [0.5, 0.6) is 0 Å². The Kier molecular flexibility index (Phi) is 5.78. The first-order chi connectivity index (χ1) is 16.1. The van der Waals surface area contributed by atoms with Crippen LogP contribution in [-0.2, 0) is 9.53 Å². The summed E-state index contributed by atoms with van der Waals surface area (Å²) >= 11 is 0. The van der Waals surface area contributed by atoms with Crippen molar-refractivity contribution in [2.24, 2.45) is 56.7 Å². The van der Waals surface area contributed by atoms with Gasteiger partial charge in [0.2, 0.25) is 0 Å². The van der Waals surface area contributed by atoms with Gasteiger partial charge in [0.25, 0.3) is 0 Å². The Bertz CT molecular complexity index is 918. The van der Waals surface area contributed by atoms with Gasteiger partial charge in [-0.1, -0.05) is 61.0 Å². The van der Waals surface area contributed by atoms with Gasteiger partial charge < -0.3 is 9.84 Å². The van der Waals surface area contributed by atoms with Crippen molar-refractivity contribution in [2.45, 2.75) is 126 Å². The summed E-state index contributed by atoms with van der Waals surface area (Å²) in [5.41, 5.74) is 1.97. The normalized spacial score (nSPS) is 52.6. The van der Waals surface area contributed by atoms with E-state index < -0.39 is 0 Å². The van der Waals surface area contributed by atoms with Crippen LogP contribution in [0.1, 0.15) is 114 Å². The van der Waals surface area contributed by atoms with E-state index >= 15 is 0 Å². The predicted molar refractivity (Wildman–Crippen MR) is 142 cm³/mol. The number of carbonyl (C=O) groups is 1. The van der Waals surface area contributed by atoms with Gasteiger partial charge in [-0.05, 0) is 109 Å². The van der Waals surface area contributed by atoms with E-state index in [0.29, 0.717) is 29.1 Å². The van der Waals surface area contributed by atoms with E-state index in [1.165, 1.54) is 38.5 Å². The predicted octanol–water partition coefficient (Wildman–Crippen LogP) is 7.57. The van der Waals surface area contributed by atoms with Crippen LogP contribution in [0.4, 0.5) is 0 Å². The summed E-state index contributed by atoms with van der Waals surface area (Å²) in [6.45, 7) is 21.2. The molecule has 0 aromatic heterocycles. The molecule has 10 atom stereocenters. The Hall–Kier alpha value is -0.830. The lowest BCUT2D eigenvalue weighted by molar-refractivity contribution is -0.211. The van der Waals surface area contributed by atoms with Crippen LogP contribution in [-0.4, -0.2) is 23.3 Å². The second-order valence-electron chi connectivity index (χ2n) is 15.3. The molecule has 0 spiro atoms. The fourth-order valence-corrected chi connectivity index (χ4v) is 11.6. The smallest absolute Gasteiger partial charge is 0.303 e. The number of aliphatic hydroxyl groups excluding tert-OH is 1. The van der Waals surface area contributed by atoms with Gasteiger partial charge in [0.05, 0.1) is 6.10 Å². The van der Waals surface area contributed by atoms with Crippen molar-refractivity contribution in [3.63, 3.8) is 0 Å². The lowest BCUT2D eigenvalue weighted by Crippen LogP contribution is -2.66. The van der Waals surface area contributed by atoms with Gasteiger partial charge >= 0.3 is 5.97 Å². The van der Waals surface area contributed by atoms with Gasteiger partial charge in [-0.25, -0.2) is 0 Å². The van der Waals surface area contributed by atoms with E-state index in [0.717, 1.165) is 18.8 Å². The lowest BCUT2D eigenvalue weighted by atomic mass is 9.35. The summed E-state index contributed by atoms with van der Waals surface area (Å²) in [6, 6.07) is 0. The molecule has 0 aliphatic heterocycles. The minimum absolute atomic E-state index is 0.0453. The zero-order chi connectivity index (χ0) is 25.8. The number of fused-ring (bicyclic) bond motifs is 7. The highest BCUT2D eigenvalue weighted by Crippen LogP contribution is 2.76. The van der Waals surface area contributed by atoms with Gasteiger partial charge in [-0.3, -0.25) is 4.79 Å². The molecule has 0 unspecified atom stereocenters. The molecule has 4 fully saturated rings. The van der Waals surface area contributed by atoms with Crippen LogP contribution in [0.15, 0.2) is 11.6 Å². The van der Waals surface area contributed by atoms with Gasteiger partial charge in [0.15, 0.2) is 0 Å². The number of allylic oxidation sites excluding steroid dienone is 1. The van der Waals surface area contributed by atoms with Gasteiger partial charge in [0, 0.05) is 12.3 Å². The van der Waals surface area contributed by atoms with Crippen LogP contribution in [0.3, 0.4) is 0 Å². The summed E-state index contributed by atoms with van der Waals surface area (Å²) < 4.78 is 6.36. The van der Waals surface area contributed by atoms with Gasteiger partial charge in [0.1, 0.15) is 6.10 Å². The Balaban J connectivity index is 1.66. The second kappa shape index (κ2) is 7.84. The number of hydrogen-bond donors (Lipinski definition) is 1. The number of aliphatic hydroxyl groups is 1. The Morgan fingerprint density at radius 3 is 2.23 bits per heavy atom. The quantitative estimate of drug-likeness (QED) is 0.325. The minimum Gasteiger partial charge on any atom is -0.458 e. The first-order valence-electron chi connectivity index (χ1n) is 14.7. The number of rotatable bonds is 2. The molecule has 0 bridgehead atoms. The lowest BCUT2D eigenvalue weighted by Gasteiger charge is -2.70. The van der Waals surface area contributed by atoms with E-state index in [2.05, 4.69) is 61.5 Å². The van der Waals surface area contributed by atoms with E-state index in [1.54, 1.807) is 12.5 Å². The molecule has 4 saturated carbocycles. The third kappa shape index (κ3) is 3.15. The van der Waals surface area contributed by atoms with Crippen LogP contribution >= 0.6 is 0 Å². The zero-order valence-electron chi connectivity index (χ0n) is 24.0. The monoisotopic (exact) mass is 484 g/mol. The Labute approximate surface area is 214 Å². The summed E-state index contributed by atoms with van der Waals surface area (Å²) in [7, 11) is 0. The highest BCUT2D eigenvalue weighted by atomic mass is 16.5. The number of hydrogen-bond acceptors (Lipinski definition) is 3.